The van der Waals surface area contributed by atoms with Crippen LogP contribution in [0.1, 0.15) is 20.3 Å². The van der Waals surface area contributed by atoms with E-state index in [1.165, 1.54) is 4.90 Å². The number of methoxy groups -OCH3 is 1. The number of anilines is 1. The third-order valence-corrected chi connectivity index (χ3v) is 3.14. The van der Waals surface area contributed by atoms with Crippen molar-refractivity contribution in [2.75, 3.05) is 12.4 Å². The molecule has 1 N–H and O–H groups in total. The van der Waals surface area contributed by atoms with Crippen LogP contribution >= 0.6 is 0 Å². The average molecular weight is 262 g/mol. The third-order valence-electron chi connectivity index (χ3n) is 3.14. The fourth-order valence-corrected chi connectivity index (χ4v) is 2.26. The highest BCUT2D eigenvalue weighted by molar-refractivity contribution is 6.07. The van der Waals surface area contributed by atoms with Gasteiger partial charge in [0.15, 0.2) is 0 Å². The van der Waals surface area contributed by atoms with E-state index in [4.69, 9.17) is 4.74 Å². The Balaban J connectivity index is 2.17. The number of ether oxygens (including phenoxy) is 1. The lowest BCUT2D eigenvalue weighted by Gasteiger charge is -2.20. The summed E-state index contributed by atoms with van der Waals surface area (Å²) in [6.45, 7) is 3.67. The van der Waals surface area contributed by atoms with Gasteiger partial charge in [0.25, 0.3) is 5.91 Å². The molecule has 1 aliphatic heterocycles. The third kappa shape index (κ3) is 2.54. The summed E-state index contributed by atoms with van der Waals surface area (Å²) in [4.78, 5) is 25.3. The summed E-state index contributed by atoms with van der Waals surface area (Å²) in [7, 11) is 1.57. The maximum absolute atomic E-state index is 12.2. The summed E-state index contributed by atoms with van der Waals surface area (Å²) in [6, 6.07) is 6.73. The lowest BCUT2D eigenvalue weighted by molar-refractivity contribution is -0.140. The highest BCUT2D eigenvalue weighted by Gasteiger charge is 2.40. The molecule has 1 aromatic rings. The number of carbonyl (C=O) groups is 2. The molecule has 0 aromatic heterocycles. The maximum Gasteiger partial charge on any atom is 0.252 e. The van der Waals surface area contributed by atoms with E-state index in [1.54, 1.807) is 7.11 Å². The quantitative estimate of drug-likeness (QED) is 0.838. The first kappa shape index (κ1) is 13.4. The Morgan fingerprint density at radius 3 is 2.58 bits per heavy atom. The van der Waals surface area contributed by atoms with Gasteiger partial charge >= 0.3 is 0 Å². The molecular formula is C14H18N2O3. The molecular weight excluding hydrogens is 244 g/mol. The Morgan fingerprint density at radius 1 is 1.32 bits per heavy atom. The maximum atomic E-state index is 12.2. The summed E-state index contributed by atoms with van der Waals surface area (Å²) < 4.78 is 5.22. The van der Waals surface area contributed by atoms with Crippen molar-refractivity contribution < 1.29 is 14.3 Å². The van der Waals surface area contributed by atoms with Gasteiger partial charge in [-0.1, -0.05) is 12.1 Å². The van der Waals surface area contributed by atoms with Crippen molar-refractivity contribution in [3.8, 4) is 5.75 Å². The molecule has 5 heteroatoms. The van der Waals surface area contributed by atoms with E-state index < -0.39 is 6.04 Å². The fraction of sp³-hybridized carbons (Fsp3) is 0.429. The van der Waals surface area contributed by atoms with Crippen molar-refractivity contribution in [2.45, 2.75) is 32.4 Å². The van der Waals surface area contributed by atoms with Gasteiger partial charge in [-0.15, -0.1) is 0 Å². The Labute approximate surface area is 112 Å². The van der Waals surface area contributed by atoms with Gasteiger partial charge in [-0.2, -0.15) is 0 Å². The summed E-state index contributed by atoms with van der Waals surface area (Å²) in [5.41, 5.74) is 0.724. The van der Waals surface area contributed by atoms with Gasteiger partial charge in [0.05, 0.1) is 19.2 Å². The zero-order valence-electron chi connectivity index (χ0n) is 11.3. The van der Waals surface area contributed by atoms with Gasteiger partial charge in [0.1, 0.15) is 11.8 Å². The zero-order chi connectivity index (χ0) is 14.0. The molecule has 1 unspecified atom stereocenters. The zero-order valence-corrected chi connectivity index (χ0v) is 11.3. The largest absolute Gasteiger partial charge is 0.495 e. The second-order valence-corrected chi connectivity index (χ2v) is 4.80. The van der Waals surface area contributed by atoms with Crippen molar-refractivity contribution in [1.82, 2.24) is 4.90 Å². The molecule has 1 aromatic carbocycles. The molecule has 0 radical (unpaired) electrons. The molecule has 5 nitrogen and oxygen atoms in total. The number of rotatable bonds is 4. The summed E-state index contributed by atoms with van der Waals surface area (Å²) in [6.07, 6.45) is 0.190. The van der Waals surface area contributed by atoms with Crippen molar-refractivity contribution in [2.24, 2.45) is 0 Å². The number of carbonyl (C=O) groups excluding carboxylic acids is 2. The molecule has 2 amide bonds. The van der Waals surface area contributed by atoms with Crippen LogP contribution < -0.4 is 10.1 Å². The first-order valence-corrected chi connectivity index (χ1v) is 6.30. The molecule has 102 valence electrons. The van der Waals surface area contributed by atoms with Crippen LogP contribution in [0.15, 0.2) is 24.3 Å². The summed E-state index contributed by atoms with van der Waals surface area (Å²) in [5, 5.41) is 3.09. The van der Waals surface area contributed by atoms with E-state index in [0.29, 0.717) is 5.75 Å². The minimum absolute atomic E-state index is 0.107. The first-order chi connectivity index (χ1) is 9.04. The Hall–Kier alpha value is -2.04. The molecule has 0 saturated carbocycles. The normalized spacial score (nSPS) is 19.2. The van der Waals surface area contributed by atoms with E-state index in [-0.39, 0.29) is 24.3 Å². The SMILES string of the molecule is COc1ccccc1NC1CC(=O)N(C(C)C)C1=O. The van der Waals surface area contributed by atoms with Gasteiger partial charge in [-0.3, -0.25) is 14.5 Å². The topological polar surface area (TPSA) is 58.6 Å². The summed E-state index contributed by atoms with van der Waals surface area (Å²) >= 11 is 0. The van der Waals surface area contributed by atoms with Gasteiger partial charge in [-0.05, 0) is 26.0 Å². The molecule has 0 aliphatic carbocycles. The molecule has 19 heavy (non-hydrogen) atoms. The molecule has 0 bridgehead atoms. The van der Waals surface area contributed by atoms with Crippen molar-refractivity contribution >= 4 is 17.5 Å². The van der Waals surface area contributed by atoms with Crippen LogP contribution in [0.4, 0.5) is 5.69 Å². The van der Waals surface area contributed by atoms with E-state index in [2.05, 4.69) is 5.32 Å². The molecule has 1 atom stereocenters. The predicted molar refractivity (Wildman–Crippen MR) is 72.0 cm³/mol. The molecule has 1 aliphatic rings. The second-order valence-electron chi connectivity index (χ2n) is 4.80. The number of hydrogen-bond acceptors (Lipinski definition) is 4. The number of hydrogen-bond donors (Lipinski definition) is 1. The van der Waals surface area contributed by atoms with E-state index in [9.17, 15) is 9.59 Å². The molecule has 0 spiro atoms. The van der Waals surface area contributed by atoms with E-state index >= 15 is 0 Å². The highest BCUT2D eigenvalue weighted by Crippen LogP contribution is 2.27. The minimum atomic E-state index is -0.508. The number of nitrogens with one attached hydrogen (secondary N) is 1. The number of amides is 2. The van der Waals surface area contributed by atoms with Crippen LogP contribution in [-0.2, 0) is 9.59 Å². The van der Waals surface area contributed by atoms with Gasteiger partial charge in [-0.25, -0.2) is 0 Å². The van der Waals surface area contributed by atoms with Gasteiger partial charge in [0, 0.05) is 6.04 Å². The van der Waals surface area contributed by atoms with Gasteiger partial charge in [0.2, 0.25) is 5.91 Å². The summed E-state index contributed by atoms with van der Waals surface area (Å²) in [5.74, 6) is 0.351. The van der Waals surface area contributed by atoms with Gasteiger partial charge < -0.3 is 10.1 Å². The van der Waals surface area contributed by atoms with E-state index in [0.717, 1.165) is 5.69 Å². The Bertz CT molecular complexity index is 499. The lowest BCUT2D eigenvalue weighted by atomic mass is 10.2. The molecule has 1 fully saturated rings. The van der Waals surface area contributed by atoms with Crippen LogP contribution in [0, 0.1) is 0 Å². The minimum Gasteiger partial charge on any atom is -0.495 e. The Kier molecular flexibility index (Phi) is 3.74. The number of para-hydroxylation sites is 2. The highest BCUT2D eigenvalue weighted by atomic mass is 16.5. The van der Waals surface area contributed by atoms with Crippen LogP contribution in [-0.4, -0.2) is 35.9 Å². The molecule has 2 rings (SSSR count). The van der Waals surface area contributed by atoms with E-state index in [1.807, 2.05) is 38.1 Å². The number of nitrogens with zero attached hydrogens (tertiary/aromatic N) is 1. The second kappa shape index (κ2) is 5.30. The smallest absolute Gasteiger partial charge is 0.252 e. The van der Waals surface area contributed by atoms with Crippen LogP contribution in [0.5, 0.6) is 5.75 Å². The monoisotopic (exact) mass is 262 g/mol. The molecule has 1 heterocycles. The van der Waals surface area contributed by atoms with Crippen LogP contribution in [0.3, 0.4) is 0 Å². The fourth-order valence-electron chi connectivity index (χ4n) is 2.26. The average Bonchev–Trinajstić information content (AvgIpc) is 2.65. The number of imide groups is 1. The van der Waals surface area contributed by atoms with Crippen LogP contribution in [0.25, 0.3) is 0 Å². The first-order valence-electron chi connectivity index (χ1n) is 6.30. The lowest BCUT2D eigenvalue weighted by Crippen LogP contribution is -2.39. The standard InChI is InChI=1S/C14H18N2O3/c1-9(2)16-13(17)8-11(14(16)18)15-10-6-4-5-7-12(10)19-3/h4-7,9,11,15H,8H2,1-3H3. The predicted octanol–water partition coefficient (Wildman–Crippen LogP) is 1.64. The van der Waals surface area contributed by atoms with Crippen molar-refractivity contribution in [3.05, 3.63) is 24.3 Å². The number of benzene rings is 1. The Morgan fingerprint density at radius 2 is 2.00 bits per heavy atom. The molecule has 1 saturated heterocycles. The van der Waals surface area contributed by atoms with Crippen LogP contribution in [0.2, 0.25) is 0 Å². The van der Waals surface area contributed by atoms with Crippen molar-refractivity contribution in [1.29, 1.82) is 0 Å². The number of likely N-dealkylation sites (tertiary alicyclic amines) is 1. The van der Waals surface area contributed by atoms with Crippen molar-refractivity contribution in [3.63, 3.8) is 0 Å².